The number of methoxy groups -OCH3 is 1. The number of benzene rings is 2. The minimum Gasteiger partial charge on any atom is -0.497 e. The van der Waals surface area contributed by atoms with E-state index in [0.717, 1.165) is 22.2 Å². The predicted octanol–water partition coefficient (Wildman–Crippen LogP) is 2.37. The van der Waals surface area contributed by atoms with Gasteiger partial charge in [-0.05, 0) is 37.3 Å². The van der Waals surface area contributed by atoms with Crippen molar-refractivity contribution in [3.63, 3.8) is 0 Å². The average molecular weight is 364 g/mol. The number of nitrogens with zero attached hydrogens (tertiary/aromatic N) is 1. The van der Waals surface area contributed by atoms with E-state index in [4.69, 9.17) is 4.74 Å². The lowest BCUT2D eigenvalue weighted by atomic mass is 10.1. The van der Waals surface area contributed by atoms with Gasteiger partial charge in [0.25, 0.3) is 11.8 Å². The van der Waals surface area contributed by atoms with Crippen LogP contribution in [0.4, 0.5) is 0 Å². The number of hydrogen-bond donors (Lipinski definition) is 3. The second-order valence-corrected chi connectivity index (χ2v) is 5.91. The maximum absolute atomic E-state index is 12.0. The molecule has 1 aromatic heterocycles. The van der Waals surface area contributed by atoms with Gasteiger partial charge in [-0.3, -0.25) is 9.59 Å². The molecular formula is C20H20N4O3. The Morgan fingerprint density at radius 1 is 1.15 bits per heavy atom. The van der Waals surface area contributed by atoms with Crippen molar-refractivity contribution in [3.8, 4) is 5.75 Å². The second-order valence-electron chi connectivity index (χ2n) is 5.91. The number of aromatic nitrogens is 1. The number of carbonyl (C=O) groups is 2. The van der Waals surface area contributed by atoms with E-state index < -0.39 is 5.91 Å². The number of hydrazone groups is 1. The van der Waals surface area contributed by atoms with E-state index in [0.29, 0.717) is 11.3 Å². The molecule has 7 nitrogen and oxygen atoms in total. The fourth-order valence-electron chi connectivity index (χ4n) is 2.68. The Morgan fingerprint density at radius 2 is 1.89 bits per heavy atom. The standard InChI is InChI=1S/C20H20N4O3/c1-13-17(16-5-3-4-6-18(16)23-13)11-22-24-19(25)12-21-20(26)14-7-9-15(27-2)10-8-14/h3-11,23H,12H2,1-2H3,(H,21,26)(H,24,25)/b22-11+. The van der Waals surface area contributed by atoms with E-state index in [9.17, 15) is 9.59 Å². The van der Waals surface area contributed by atoms with Crippen LogP contribution in [0.2, 0.25) is 0 Å². The quantitative estimate of drug-likeness (QED) is 0.463. The van der Waals surface area contributed by atoms with Crippen LogP contribution >= 0.6 is 0 Å². The number of aromatic amines is 1. The first kappa shape index (κ1) is 18.2. The molecule has 0 aliphatic carbocycles. The van der Waals surface area contributed by atoms with Crippen molar-refractivity contribution in [1.29, 1.82) is 0 Å². The Labute approximate surface area is 156 Å². The smallest absolute Gasteiger partial charge is 0.259 e. The molecule has 3 N–H and O–H groups in total. The largest absolute Gasteiger partial charge is 0.497 e. The summed E-state index contributed by atoms with van der Waals surface area (Å²) in [5, 5.41) is 7.56. The number of ether oxygens (including phenoxy) is 1. The van der Waals surface area contributed by atoms with Crippen LogP contribution < -0.4 is 15.5 Å². The Balaban J connectivity index is 1.53. The third-order valence-corrected chi connectivity index (χ3v) is 4.09. The van der Waals surface area contributed by atoms with Crippen molar-refractivity contribution < 1.29 is 14.3 Å². The summed E-state index contributed by atoms with van der Waals surface area (Å²) in [6.07, 6.45) is 1.59. The van der Waals surface area contributed by atoms with E-state index in [2.05, 4.69) is 20.8 Å². The van der Waals surface area contributed by atoms with Crippen LogP contribution in [-0.2, 0) is 4.79 Å². The number of aryl methyl sites for hydroxylation is 1. The molecule has 0 fully saturated rings. The summed E-state index contributed by atoms with van der Waals surface area (Å²) in [5.74, 6) is -0.0962. The van der Waals surface area contributed by atoms with E-state index in [-0.39, 0.29) is 12.5 Å². The van der Waals surface area contributed by atoms with E-state index in [1.165, 1.54) is 0 Å². The SMILES string of the molecule is COc1ccc(C(=O)NCC(=O)N/N=C/c2c(C)[nH]c3ccccc23)cc1. The molecule has 0 saturated carbocycles. The predicted molar refractivity (Wildman–Crippen MR) is 104 cm³/mol. The Morgan fingerprint density at radius 3 is 2.63 bits per heavy atom. The highest BCUT2D eigenvalue weighted by molar-refractivity contribution is 6.01. The summed E-state index contributed by atoms with van der Waals surface area (Å²) < 4.78 is 5.04. The van der Waals surface area contributed by atoms with Gasteiger partial charge in [0.15, 0.2) is 0 Å². The third kappa shape index (κ3) is 4.33. The van der Waals surface area contributed by atoms with Crippen molar-refractivity contribution in [1.82, 2.24) is 15.7 Å². The third-order valence-electron chi connectivity index (χ3n) is 4.09. The molecule has 0 spiro atoms. The fraction of sp³-hybridized carbons (Fsp3) is 0.150. The van der Waals surface area contributed by atoms with Gasteiger partial charge in [0.1, 0.15) is 5.75 Å². The number of rotatable bonds is 6. The molecule has 27 heavy (non-hydrogen) atoms. The molecule has 2 amide bonds. The van der Waals surface area contributed by atoms with Gasteiger partial charge in [-0.1, -0.05) is 18.2 Å². The number of nitrogens with one attached hydrogen (secondary N) is 3. The fourth-order valence-corrected chi connectivity index (χ4v) is 2.68. The zero-order valence-electron chi connectivity index (χ0n) is 15.1. The number of amides is 2. The lowest BCUT2D eigenvalue weighted by molar-refractivity contribution is -0.120. The summed E-state index contributed by atoms with van der Waals surface area (Å²) >= 11 is 0. The Hall–Kier alpha value is -3.61. The van der Waals surface area contributed by atoms with Crippen molar-refractivity contribution in [2.45, 2.75) is 6.92 Å². The summed E-state index contributed by atoms with van der Waals surface area (Å²) in [6, 6.07) is 14.5. The molecule has 138 valence electrons. The van der Waals surface area contributed by atoms with E-state index in [1.54, 1.807) is 37.6 Å². The monoisotopic (exact) mass is 364 g/mol. The van der Waals surface area contributed by atoms with Crippen LogP contribution in [0.1, 0.15) is 21.6 Å². The first-order valence-electron chi connectivity index (χ1n) is 8.40. The van der Waals surface area contributed by atoms with E-state index >= 15 is 0 Å². The van der Waals surface area contributed by atoms with Crippen LogP contribution in [0, 0.1) is 6.92 Å². The number of fused-ring (bicyclic) bond motifs is 1. The molecule has 1 heterocycles. The van der Waals surface area contributed by atoms with Gasteiger partial charge in [0.05, 0.1) is 19.9 Å². The molecule has 0 aliphatic rings. The summed E-state index contributed by atoms with van der Waals surface area (Å²) in [7, 11) is 1.55. The van der Waals surface area contributed by atoms with Crippen molar-refractivity contribution in [3.05, 3.63) is 65.4 Å². The average Bonchev–Trinajstić information content (AvgIpc) is 3.01. The number of hydrogen-bond acceptors (Lipinski definition) is 4. The maximum Gasteiger partial charge on any atom is 0.259 e. The highest BCUT2D eigenvalue weighted by atomic mass is 16.5. The molecule has 7 heteroatoms. The van der Waals surface area contributed by atoms with Crippen molar-refractivity contribution in [2.75, 3.05) is 13.7 Å². The van der Waals surface area contributed by atoms with Gasteiger partial charge in [-0.25, -0.2) is 5.43 Å². The highest BCUT2D eigenvalue weighted by Gasteiger charge is 2.08. The van der Waals surface area contributed by atoms with E-state index in [1.807, 2.05) is 31.2 Å². The number of para-hydroxylation sites is 1. The maximum atomic E-state index is 12.0. The Kier molecular flexibility index (Phi) is 5.51. The molecule has 0 aliphatic heterocycles. The zero-order valence-corrected chi connectivity index (χ0v) is 15.1. The van der Waals surface area contributed by atoms with Crippen LogP contribution in [0.25, 0.3) is 10.9 Å². The number of H-pyrrole nitrogens is 1. The van der Waals surface area contributed by atoms with Gasteiger partial charge in [-0.2, -0.15) is 5.10 Å². The molecule has 0 bridgehead atoms. The van der Waals surface area contributed by atoms with Crippen molar-refractivity contribution >= 4 is 28.9 Å². The minimum absolute atomic E-state index is 0.172. The van der Waals surface area contributed by atoms with Crippen molar-refractivity contribution in [2.24, 2.45) is 5.10 Å². The lowest BCUT2D eigenvalue weighted by Crippen LogP contribution is -2.34. The minimum atomic E-state index is -0.411. The molecule has 2 aromatic carbocycles. The summed E-state index contributed by atoms with van der Waals surface area (Å²) in [5.41, 5.74) is 5.75. The van der Waals surface area contributed by atoms with Crippen LogP contribution in [0.5, 0.6) is 5.75 Å². The molecule has 0 saturated heterocycles. The summed E-state index contributed by atoms with van der Waals surface area (Å²) in [4.78, 5) is 27.2. The van der Waals surface area contributed by atoms with Gasteiger partial charge in [0.2, 0.25) is 0 Å². The molecular weight excluding hydrogens is 344 g/mol. The van der Waals surface area contributed by atoms with Crippen LogP contribution in [0.3, 0.4) is 0 Å². The van der Waals surface area contributed by atoms with Gasteiger partial charge >= 0.3 is 0 Å². The topological polar surface area (TPSA) is 95.6 Å². The summed E-state index contributed by atoms with van der Waals surface area (Å²) in [6.45, 7) is 1.77. The van der Waals surface area contributed by atoms with Crippen LogP contribution in [-0.4, -0.2) is 36.7 Å². The van der Waals surface area contributed by atoms with Gasteiger partial charge in [-0.15, -0.1) is 0 Å². The molecule has 0 radical (unpaired) electrons. The zero-order chi connectivity index (χ0) is 19.2. The van der Waals surface area contributed by atoms with Gasteiger partial charge in [0, 0.05) is 27.7 Å². The molecule has 3 aromatic rings. The molecule has 0 atom stereocenters. The van der Waals surface area contributed by atoms with Crippen LogP contribution in [0.15, 0.2) is 53.6 Å². The highest BCUT2D eigenvalue weighted by Crippen LogP contribution is 2.19. The Bertz CT molecular complexity index is 990. The number of carbonyl (C=O) groups excluding carboxylic acids is 2. The molecule has 0 unspecified atom stereocenters. The normalized spacial score (nSPS) is 10.9. The first-order valence-corrected chi connectivity index (χ1v) is 8.40. The van der Waals surface area contributed by atoms with Gasteiger partial charge < -0.3 is 15.0 Å². The molecule has 3 rings (SSSR count). The lowest BCUT2D eigenvalue weighted by Gasteiger charge is -2.05. The second kappa shape index (κ2) is 8.18. The first-order chi connectivity index (χ1) is 13.1.